The Morgan fingerprint density at radius 3 is 2.44 bits per heavy atom. The molecule has 4 heteroatoms. The molecule has 0 saturated heterocycles. The van der Waals surface area contributed by atoms with Crippen LogP contribution in [0.2, 0.25) is 0 Å². The molecule has 0 heterocycles. The second kappa shape index (κ2) is 5.23. The molecule has 0 fully saturated rings. The van der Waals surface area contributed by atoms with Crippen molar-refractivity contribution >= 4 is 11.7 Å². The number of methoxy groups -OCH3 is 1. The van der Waals surface area contributed by atoms with E-state index < -0.39 is 5.97 Å². The van der Waals surface area contributed by atoms with E-state index in [1.54, 1.807) is 18.2 Å². The number of nitrogens with two attached hydrogens (primary N) is 1. The van der Waals surface area contributed by atoms with Crippen molar-refractivity contribution in [2.24, 2.45) is 0 Å². The Hall–Kier alpha value is -2.49. The summed E-state index contributed by atoms with van der Waals surface area (Å²) in [6, 6.07) is 14.2. The molecule has 0 atom stereocenters. The van der Waals surface area contributed by atoms with Crippen LogP contribution < -0.4 is 10.5 Å². The molecule has 0 aromatic heterocycles. The van der Waals surface area contributed by atoms with Crippen LogP contribution in [-0.4, -0.2) is 13.1 Å². The van der Waals surface area contributed by atoms with E-state index in [2.05, 4.69) is 4.74 Å². The van der Waals surface area contributed by atoms with Crippen molar-refractivity contribution in [3.05, 3.63) is 54.1 Å². The minimum absolute atomic E-state index is 0.297. The SMILES string of the molecule is COC(=O)c1cc(Oc2ccccc2)ccc1N. The molecule has 0 aliphatic carbocycles. The minimum Gasteiger partial charge on any atom is -0.465 e. The van der Waals surface area contributed by atoms with Gasteiger partial charge in [-0.1, -0.05) is 18.2 Å². The van der Waals surface area contributed by atoms with E-state index in [0.717, 1.165) is 0 Å². The first-order chi connectivity index (χ1) is 8.70. The number of nitrogen functional groups attached to an aromatic ring is 1. The van der Waals surface area contributed by atoms with Crippen LogP contribution in [0.1, 0.15) is 10.4 Å². The standard InChI is InChI=1S/C14H13NO3/c1-17-14(16)12-9-11(7-8-13(12)15)18-10-5-3-2-4-6-10/h2-9H,15H2,1H3. The quantitative estimate of drug-likeness (QED) is 0.665. The Labute approximate surface area is 105 Å². The molecule has 0 amide bonds. The fourth-order valence-corrected chi connectivity index (χ4v) is 1.51. The maximum absolute atomic E-state index is 11.5. The Balaban J connectivity index is 2.27. The van der Waals surface area contributed by atoms with Gasteiger partial charge in [0.05, 0.1) is 12.7 Å². The molecule has 0 radical (unpaired) electrons. The number of hydrogen-bond donors (Lipinski definition) is 1. The van der Waals surface area contributed by atoms with E-state index >= 15 is 0 Å². The summed E-state index contributed by atoms with van der Waals surface area (Å²) in [6.07, 6.45) is 0. The summed E-state index contributed by atoms with van der Waals surface area (Å²) in [7, 11) is 1.31. The molecule has 4 nitrogen and oxygen atoms in total. The molecule has 2 aromatic carbocycles. The van der Waals surface area contributed by atoms with Gasteiger partial charge in [0.2, 0.25) is 0 Å². The largest absolute Gasteiger partial charge is 0.465 e. The van der Waals surface area contributed by atoms with E-state index in [9.17, 15) is 4.79 Å². The maximum atomic E-state index is 11.5. The van der Waals surface area contributed by atoms with Gasteiger partial charge < -0.3 is 15.2 Å². The summed E-state index contributed by atoms with van der Waals surface area (Å²) >= 11 is 0. The summed E-state index contributed by atoms with van der Waals surface area (Å²) in [5.74, 6) is 0.750. The van der Waals surface area contributed by atoms with Gasteiger partial charge in [0.25, 0.3) is 0 Å². The zero-order chi connectivity index (χ0) is 13.0. The third-order valence-corrected chi connectivity index (χ3v) is 2.41. The Kier molecular flexibility index (Phi) is 3.48. The van der Waals surface area contributed by atoms with Gasteiger partial charge >= 0.3 is 5.97 Å². The lowest BCUT2D eigenvalue weighted by atomic mass is 10.1. The Morgan fingerprint density at radius 1 is 1.06 bits per heavy atom. The third kappa shape index (κ3) is 2.60. The van der Waals surface area contributed by atoms with E-state index in [0.29, 0.717) is 22.7 Å². The fourth-order valence-electron chi connectivity index (χ4n) is 1.51. The molecule has 0 aliphatic rings. The lowest BCUT2D eigenvalue weighted by molar-refractivity contribution is 0.0601. The minimum atomic E-state index is -0.481. The van der Waals surface area contributed by atoms with Crippen molar-refractivity contribution < 1.29 is 14.3 Å². The highest BCUT2D eigenvalue weighted by Gasteiger charge is 2.11. The summed E-state index contributed by atoms with van der Waals surface area (Å²) in [4.78, 5) is 11.5. The van der Waals surface area contributed by atoms with E-state index in [1.165, 1.54) is 7.11 Å². The summed E-state index contributed by atoms with van der Waals surface area (Å²) in [6.45, 7) is 0. The molecular formula is C14H13NO3. The number of hydrogen-bond acceptors (Lipinski definition) is 4. The highest BCUT2D eigenvalue weighted by atomic mass is 16.5. The Bertz CT molecular complexity index is 552. The monoisotopic (exact) mass is 243 g/mol. The van der Waals surface area contributed by atoms with Crippen LogP contribution in [0.3, 0.4) is 0 Å². The summed E-state index contributed by atoms with van der Waals surface area (Å²) in [5, 5.41) is 0. The Morgan fingerprint density at radius 2 is 1.78 bits per heavy atom. The van der Waals surface area contributed by atoms with Crippen molar-refractivity contribution in [2.45, 2.75) is 0 Å². The molecule has 2 rings (SSSR count). The molecule has 2 aromatic rings. The van der Waals surface area contributed by atoms with Crippen LogP contribution in [-0.2, 0) is 4.74 Å². The molecule has 0 bridgehead atoms. The van der Waals surface area contributed by atoms with Crippen LogP contribution >= 0.6 is 0 Å². The molecular weight excluding hydrogens is 230 g/mol. The topological polar surface area (TPSA) is 61.5 Å². The van der Waals surface area contributed by atoms with Crippen LogP contribution in [0.5, 0.6) is 11.5 Å². The predicted molar refractivity (Wildman–Crippen MR) is 68.7 cm³/mol. The first kappa shape index (κ1) is 12.0. The number of rotatable bonds is 3. The van der Waals surface area contributed by atoms with E-state index in [1.807, 2.05) is 30.3 Å². The van der Waals surface area contributed by atoms with Crippen molar-refractivity contribution in [1.82, 2.24) is 0 Å². The van der Waals surface area contributed by atoms with Gasteiger partial charge in [-0.15, -0.1) is 0 Å². The van der Waals surface area contributed by atoms with Crippen molar-refractivity contribution in [3.8, 4) is 11.5 Å². The van der Waals surface area contributed by atoms with Gasteiger partial charge in [-0.3, -0.25) is 0 Å². The van der Waals surface area contributed by atoms with Gasteiger partial charge in [0.1, 0.15) is 11.5 Å². The van der Waals surface area contributed by atoms with E-state index in [-0.39, 0.29) is 0 Å². The number of para-hydroxylation sites is 1. The number of carbonyl (C=O) groups is 1. The second-order valence-corrected chi connectivity index (χ2v) is 3.66. The van der Waals surface area contributed by atoms with Crippen molar-refractivity contribution in [3.63, 3.8) is 0 Å². The number of benzene rings is 2. The first-order valence-corrected chi connectivity index (χ1v) is 5.41. The van der Waals surface area contributed by atoms with E-state index in [4.69, 9.17) is 10.5 Å². The third-order valence-electron chi connectivity index (χ3n) is 2.41. The average molecular weight is 243 g/mol. The highest BCUT2D eigenvalue weighted by molar-refractivity contribution is 5.95. The molecule has 0 saturated carbocycles. The van der Waals surface area contributed by atoms with Crippen LogP contribution in [0, 0.1) is 0 Å². The maximum Gasteiger partial charge on any atom is 0.340 e. The molecule has 0 aliphatic heterocycles. The normalized spacial score (nSPS) is 9.83. The predicted octanol–water partition coefficient (Wildman–Crippen LogP) is 2.85. The molecule has 0 unspecified atom stereocenters. The van der Waals surface area contributed by atoms with Crippen LogP contribution in [0.4, 0.5) is 5.69 Å². The number of carbonyl (C=O) groups excluding carboxylic acids is 1. The van der Waals surface area contributed by atoms with Gasteiger partial charge in [-0.2, -0.15) is 0 Å². The van der Waals surface area contributed by atoms with Gasteiger partial charge in [-0.25, -0.2) is 4.79 Å². The average Bonchev–Trinajstić information content (AvgIpc) is 2.41. The van der Waals surface area contributed by atoms with Crippen LogP contribution in [0.25, 0.3) is 0 Å². The van der Waals surface area contributed by atoms with Crippen molar-refractivity contribution in [2.75, 3.05) is 12.8 Å². The lowest BCUT2D eigenvalue weighted by Gasteiger charge is -2.08. The highest BCUT2D eigenvalue weighted by Crippen LogP contribution is 2.25. The second-order valence-electron chi connectivity index (χ2n) is 3.66. The smallest absolute Gasteiger partial charge is 0.340 e. The van der Waals surface area contributed by atoms with Crippen LogP contribution in [0.15, 0.2) is 48.5 Å². The molecule has 0 spiro atoms. The van der Waals surface area contributed by atoms with Gasteiger partial charge in [0.15, 0.2) is 0 Å². The molecule has 2 N–H and O–H groups in total. The number of ether oxygens (including phenoxy) is 2. The zero-order valence-electron chi connectivity index (χ0n) is 9.92. The lowest BCUT2D eigenvalue weighted by Crippen LogP contribution is -2.05. The summed E-state index contributed by atoms with van der Waals surface area (Å²) in [5.41, 5.74) is 6.36. The van der Waals surface area contributed by atoms with Gasteiger partial charge in [-0.05, 0) is 30.3 Å². The fraction of sp³-hybridized carbons (Fsp3) is 0.0714. The summed E-state index contributed by atoms with van der Waals surface area (Å²) < 4.78 is 10.3. The molecule has 92 valence electrons. The molecule has 18 heavy (non-hydrogen) atoms. The van der Waals surface area contributed by atoms with Gasteiger partial charge in [0, 0.05) is 5.69 Å². The number of anilines is 1. The zero-order valence-corrected chi connectivity index (χ0v) is 9.92. The first-order valence-electron chi connectivity index (χ1n) is 5.41. The van der Waals surface area contributed by atoms with Crippen molar-refractivity contribution in [1.29, 1.82) is 0 Å². The number of esters is 1.